The summed E-state index contributed by atoms with van der Waals surface area (Å²) < 4.78 is 28.8. The first-order chi connectivity index (χ1) is 10.7. The van der Waals surface area contributed by atoms with Gasteiger partial charge in [-0.1, -0.05) is 82.9 Å². The smallest absolute Gasteiger partial charge is 0.266 e. The fourth-order valence-corrected chi connectivity index (χ4v) is 3.38. The molecule has 0 aromatic heterocycles. The number of benzene rings is 1. The van der Waals surface area contributed by atoms with Gasteiger partial charge < -0.3 is 0 Å². The maximum atomic E-state index is 11.9. The van der Waals surface area contributed by atoms with E-state index in [-0.39, 0.29) is 21.4 Å². The van der Waals surface area contributed by atoms with E-state index in [4.69, 9.17) is 4.18 Å². The predicted octanol–water partition coefficient (Wildman–Crippen LogP) is 5.37. The van der Waals surface area contributed by atoms with Crippen molar-refractivity contribution in [1.29, 1.82) is 0 Å². The summed E-state index contributed by atoms with van der Waals surface area (Å²) in [6, 6.07) is 8.33. The van der Waals surface area contributed by atoms with Crippen LogP contribution in [-0.4, -0.2) is 15.0 Å². The molecule has 23 heavy (non-hydrogen) atoms. The number of rotatable bonds is 13. The first-order valence-corrected chi connectivity index (χ1v) is 10.0. The van der Waals surface area contributed by atoms with E-state index in [1.165, 1.54) is 51.4 Å². The molecular formula is C18H33O3PS. The maximum absolute atomic E-state index is 11.9. The standard InChI is InChI=1S/C18H30O3S.H3P/c1-2-3-4-5-6-7-8-9-10-14-17-21-22(19,20)18-15-12-11-13-16-18;/h11-13,15-16H,2-10,14,17H2,1H3;1H3. The Morgan fingerprint density at radius 1 is 0.783 bits per heavy atom. The van der Waals surface area contributed by atoms with E-state index < -0.39 is 10.1 Å². The second-order valence-electron chi connectivity index (χ2n) is 5.77. The molecule has 0 heterocycles. The summed E-state index contributed by atoms with van der Waals surface area (Å²) in [4.78, 5) is 0.238. The molecule has 1 rings (SSSR count). The molecule has 0 fully saturated rings. The van der Waals surface area contributed by atoms with Gasteiger partial charge in [0.25, 0.3) is 10.1 Å². The van der Waals surface area contributed by atoms with Crippen LogP contribution in [0.4, 0.5) is 0 Å². The van der Waals surface area contributed by atoms with Crippen LogP contribution in [0.5, 0.6) is 0 Å². The Labute approximate surface area is 146 Å². The van der Waals surface area contributed by atoms with Crippen LogP contribution in [0.2, 0.25) is 0 Å². The van der Waals surface area contributed by atoms with Crippen molar-refractivity contribution in [2.24, 2.45) is 0 Å². The highest BCUT2D eigenvalue weighted by Gasteiger charge is 2.13. The summed E-state index contributed by atoms with van der Waals surface area (Å²) in [5.74, 6) is 0. The van der Waals surface area contributed by atoms with Crippen LogP contribution in [-0.2, 0) is 14.3 Å². The van der Waals surface area contributed by atoms with Gasteiger partial charge in [-0.3, -0.25) is 4.18 Å². The van der Waals surface area contributed by atoms with Crippen LogP contribution in [0, 0.1) is 0 Å². The third kappa shape index (κ3) is 10.9. The van der Waals surface area contributed by atoms with Crippen molar-refractivity contribution in [2.75, 3.05) is 6.61 Å². The first kappa shape index (κ1) is 22.6. The van der Waals surface area contributed by atoms with Crippen molar-refractivity contribution < 1.29 is 12.6 Å². The SMILES string of the molecule is CCCCCCCCCCCCOS(=O)(=O)c1ccccc1.P. The van der Waals surface area contributed by atoms with E-state index >= 15 is 0 Å². The molecule has 5 heteroatoms. The Morgan fingerprint density at radius 3 is 1.78 bits per heavy atom. The number of hydrogen-bond donors (Lipinski definition) is 0. The molecule has 1 aromatic carbocycles. The molecule has 1 aromatic rings. The second kappa shape index (κ2) is 13.9. The molecule has 0 N–H and O–H groups in total. The van der Waals surface area contributed by atoms with E-state index in [1.54, 1.807) is 30.3 Å². The quantitative estimate of drug-likeness (QED) is 0.270. The zero-order valence-electron chi connectivity index (χ0n) is 14.5. The van der Waals surface area contributed by atoms with Crippen molar-refractivity contribution in [3.05, 3.63) is 30.3 Å². The van der Waals surface area contributed by atoms with Gasteiger partial charge in [0.1, 0.15) is 0 Å². The lowest BCUT2D eigenvalue weighted by atomic mass is 10.1. The molecule has 0 aliphatic carbocycles. The normalized spacial score (nSPS) is 11.2. The summed E-state index contributed by atoms with van der Waals surface area (Å²) in [5, 5.41) is 0. The Hall–Kier alpha value is -0.440. The third-order valence-corrected chi connectivity index (χ3v) is 5.09. The van der Waals surface area contributed by atoms with Gasteiger partial charge in [-0.2, -0.15) is 18.3 Å². The third-order valence-electron chi connectivity index (χ3n) is 3.77. The van der Waals surface area contributed by atoms with Crippen LogP contribution in [0.3, 0.4) is 0 Å². The molecule has 1 unspecified atom stereocenters. The minimum Gasteiger partial charge on any atom is -0.266 e. The van der Waals surface area contributed by atoms with Crippen molar-refractivity contribution in [3.8, 4) is 0 Å². The molecule has 134 valence electrons. The summed E-state index contributed by atoms with van der Waals surface area (Å²) in [6.45, 7) is 2.52. The molecule has 0 radical (unpaired) electrons. The first-order valence-electron chi connectivity index (χ1n) is 8.61. The van der Waals surface area contributed by atoms with E-state index in [1.807, 2.05) is 0 Å². The highest BCUT2D eigenvalue weighted by atomic mass is 32.2. The number of hydrogen-bond acceptors (Lipinski definition) is 3. The summed E-state index contributed by atoms with van der Waals surface area (Å²) >= 11 is 0. The van der Waals surface area contributed by atoms with Gasteiger partial charge >= 0.3 is 0 Å². The van der Waals surface area contributed by atoms with Gasteiger partial charge in [-0.25, -0.2) is 0 Å². The zero-order valence-corrected chi connectivity index (χ0v) is 16.7. The van der Waals surface area contributed by atoms with Gasteiger partial charge in [0.05, 0.1) is 11.5 Å². The van der Waals surface area contributed by atoms with Crippen LogP contribution >= 0.6 is 9.90 Å². The predicted molar refractivity (Wildman–Crippen MR) is 103 cm³/mol. The van der Waals surface area contributed by atoms with Gasteiger partial charge in [-0.15, -0.1) is 0 Å². The van der Waals surface area contributed by atoms with Gasteiger partial charge in [0.2, 0.25) is 0 Å². The van der Waals surface area contributed by atoms with Crippen LogP contribution < -0.4 is 0 Å². The highest BCUT2D eigenvalue weighted by Crippen LogP contribution is 2.13. The molecule has 0 bridgehead atoms. The largest absolute Gasteiger partial charge is 0.296 e. The zero-order chi connectivity index (χ0) is 16.1. The highest BCUT2D eigenvalue weighted by molar-refractivity contribution is 7.86. The fraction of sp³-hybridized carbons (Fsp3) is 0.667. The molecular weight excluding hydrogens is 327 g/mol. The lowest BCUT2D eigenvalue weighted by Gasteiger charge is -2.05. The molecule has 0 saturated carbocycles. The summed E-state index contributed by atoms with van der Waals surface area (Å²) in [7, 11) is -3.57. The van der Waals surface area contributed by atoms with Gasteiger partial charge in [0.15, 0.2) is 0 Å². The lowest BCUT2D eigenvalue weighted by molar-refractivity contribution is 0.306. The second-order valence-corrected chi connectivity index (χ2v) is 7.39. The van der Waals surface area contributed by atoms with Crippen molar-refractivity contribution in [3.63, 3.8) is 0 Å². The van der Waals surface area contributed by atoms with Gasteiger partial charge in [-0.05, 0) is 18.6 Å². The molecule has 0 spiro atoms. The average molecular weight is 360 g/mol. The summed E-state index contributed by atoms with van der Waals surface area (Å²) in [6.07, 6.45) is 12.3. The molecule has 3 nitrogen and oxygen atoms in total. The van der Waals surface area contributed by atoms with E-state index in [2.05, 4.69) is 6.92 Å². The Balaban J connectivity index is 0.00000484. The maximum Gasteiger partial charge on any atom is 0.296 e. The van der Waals surface area contributed by atoms with Crippen molar-refractivity contribution in [2.45, 2.75) is 76.0 Å². The Kier molecular flexibility index (Phi) is 13.7. The molecule has 0 aliphatic rings. The Morgan fingerprint density at radius 2 is 1.26 bits per heavy atom. The summed E-state index contributed by atoms with van der Waals surface area (Å²) in [5.41, 5.74) is 0. The number of unbranched alkanes of at least 4 members (excludes halogenated alkanes) is 9. The molecule has 0 amide bonds. The van der Waals surface area contributed by atoms with Crippen LogP contribution in [0.25, 0.3) is 0 Å². The fourth-order valence-electron chi connectivity index (χ4n) is 2.41. The van der Waals surface area contributed by atoms with Crippen molar-refractivity contribution in [1.82, 2.24) is 0 Å². The van der Waals surface area contributed by atoms with Crippen LogP contribution in [0.15, 0.2) is 35.2 Å². The average Bonchev–Trinajstić information content (AvgIpc) is 2.53. The molecule has 0 aliphatic heterocycles. The van der Waals surface area contributed by atoms with Crippen LogP contribution in [0.1, 0.15) is 71.1 Å². The monoisotopic (exact) mass is 360 g/mol. The van der Waals surface area contributed by atoms with Crippen molar-refractivity contribution >= 4 is 20.0 Å². The molecule has 0 saturated heterocycles. The van der Waals surface area contributed by atoms with E-state index in [0.29, 0.717) is 0 Å². The Bertz CT molecular complexity index is 474. The van der Waals surface area contributed by atoms with E-state index in [0.717, 1.165) is 12.8 Å². The minimum atomic E-state index is -3.57. The van der Waals surface area contributed by atoms with E-state index in [9.17, 15) is 8.42 Å². The molecule has 1 atom stereocenters. The lowest BCUT2D eigenvalue weighted by Crippen LogP contribution is -2.07. The van der Waals surface area contributed by atoms with Gasteiger partial charge in [0, 0.05) is 0 Å². The minimum absolute atomic E-state index is 0. The topological polar surface area (TPSA) is 43.4 Å².